The molecule has 2 heterocycles. The van der Waals surface area contributed by atoms with E-state index in [2.05, 4.69) is 19.2 Å². The topological polar surface area (TPSA) is 38.3 Å². The number of rotatable bonds is 3. The van der Waals surface area contributed by atoms with E-state index in [1.807, 2.05) is 0 Å². The molecule has 0 amide bonds. The van der Waals surface area contributed by atoms with Crippen LogP contribution in [0.3, 0.4) is 0 Å². The molecule has 0 radical (unpaired) electrons. The molecule has 2 aliphatic heterocycles. The van der Waals surface area contributed by atoms with Crippen LogP contribution >= 0.6 is 0 Å². The molecule has 0 aromatic carbocycles. The number of nitrogens with one attached hydrogen (secondary N) is 1. The zero-order valence-corrected chi connectivity index (χ0v) is 11.1. The van der Waals surface area contributed by atoms with Gasteiger partial charge in [0.15, 0.2) is 0 Å². The zero-order chi connectivity index (χ0) is 12.3. The lowest BCUT2D eigenvalue weighted by Gasteiger charge is -2.39. The maximum atomic E-state index is 12.6. The van der Waals surface area contributed by atoms with Gasteiger partial charge in [-0.05, 0) is 44.7 Å². The number of hydrogen-bond acceptors (Lipinski definition) is 3. The molecule has 2 saturated heterocycles. The summed E-state index contributed by atoms with van der Waals surface area (Å²) in [6.07, 6.45) is 4.23. The first-order valence-corrected chi connectivity index (χ1v) is 6.95. The van der Waals surface area contributed by atoms with Gasteiger partial charge in [0.1, 0.15) is 5.78 Å². The predicted molar refractivity (Wildman–Crippen MR) is 67.9 cm³/mol. The molecule has 0 aromatic rings. The standard InChI is InChI=1S/C14H25NO2/c1-14(2,12-4-3-7-15-10-12)13(16)11-5-8-17-9-6-11/h11-12,15H,3-10H2,1-2H3. The second-order valence-electron chi connectivity index (χ2n) is 6.02. The van der Waals surface area contributed by atoms with Crippen LogP contribution < -0.4 is 5.32 Å². The largest absolute Gasteiger partial charge is 0.381 e. The van der Waals surface area contributed by atoms with E-state index in [-0.39, 0.29) is 11.3 Å². The Morgan fingerprint density at radius 1 is 1.24 bits per heavy atom. The van der Waals surface area contributed by atoms with E-state index < -0.39 is 0 Å². The van der Waals surface area contributed by atoms with Crippen molar-refractivity contribution < 1.29 is 9.53 Å². The lowest BCUT2D eigenvalue weighted by atomic mass is 9.68. The van der Waals surface area contributed by atoms with E-state index >= 15 is 0 Å². The van der Waals surface area contributed by atoms with Crippen LogP contribution in [0.25, 0.3) is 0 Å². The first-order valence-electron chi connectivity index (χ1n) is 6.95. The van der Waals surface area contributed by atoms with Gasteiger partial charge >= 0.3 is 0 Å². The molecule has 0 saturated carbocycles. The molecule has 98 valence electrons. The minimum Gasteiger partial charge on any atom is -0.381 e. The van der Waals surface area contributed by atoms with Gasteiger partial charge in [-0.15, -0.1) is 0 Å². The highest BCUT2D eigenvalue weighted by Gasteiger charge is 2.40. The highest BCUT2D eigenvalue weighted by Crippen LogP contribution is 2.37. The van der Waals surface area contributed by atoms with E-state index in [0.717, 1.165) is 39.1 Å². The Bertz CT molecular complexity index is 263. The fourth-order valence-corrected chi connectivity index (χ4v) is 3.15. The Morgan fingerprint density at radius 3 is 2.53 bits per heavy atom. The van der Waals surface area contributed by atoms with Crippen molar-refractivity contribution in [3.05, 3.63) is 0 Å². The Balaban J connectivity index is 1.99. The Labute approximate surface area is 104 Å². The SMILES string of the molecule is CC(C)(C(=O)C1CCOCC1)C1CCCNC1. The normalized spacial score (nSPS) is 28.0. The number of ether oxygens (including phenoxy) is 1. The maximum absolute atomic E-state index is 12.6. The van der Waals surface area contributed by atoms with Gasteiger partial charge in [0, 0.05) is 24.5 Å². The number of piperidine rings is 1. The lowest BCUT2D eigenvalue weighted by Crippen LogP contribution is -2.45. The minimum atomic E-state index is -0.171. The summed E-state index contributed by atoms with van der Waals surface area (Å²) in [4.78, 5) is 12.6. The Hall–Kier alpha value is -0.410. The van der Waals surface area contributed by atoms with Crippen LogP contribution in [-0.4, -0.2) is 32.1 Å². The van der Waals surface area contributed by atoms with Crippen molar-refractivity contribution in [3.8, 4) is 0 Å². The molecular weight excluding hydrogens is 214 g/mol. The summed E-state index contributed by atoms with van der Waals surface area (Å²) in [5.41, 5.74) is -0.171. The molecular formula is C14H25NO2. The van der Waals surface area contributed by atoms with Crippen LogP contribution in [-0.2, 0) is 9.53 Å². The van der Waals surface area contributed by atoms with Crippen molar-refractivity contribution in [3.63, 3.8) is 0 Å². The van der Waals surface area contributed by atoms with Crippen LogP contribution in [0, 0.1) is 17.3 Å². The molecule has 2 aliphatic rings. The molecule has 2 rings (SSSR count). The number of hydrogen-bond donors (Lipinski definition) is 1. The first kappa shape index (κ1) is 13.0. The molecule has 0 bridgehead atoms. The fraction of sp³-hybridized carbons (Fsp3) is 0.929. The molecule has 1 atom stereocenters. The molecule has 1 unspecified atom stereocenters. The summed E-state index contributed by atoms with van der Waals surface area (Å²) in [6.45, 7) is 7.91. The zero-order valence-electron chi connectivity index (χ0n) is 11.1. The molecule has 2 fully saturated rings. The molecule has 0 spiro atoms. The van der Waals surface area contributed by atoms with E-state index in [9.17, 15) is 4.79 Å². The number of ketones is 1. The second-order valence-corrected chi connectivity index (χ2v) is 6.02. The number of carbonyl (C=O) groups is 1. The van der Waals surface area contributed by atoms with Crippen LogP contribution in [0.4, 0.5) is 0 Å². The molecule has 17 heavy (non-hydrogen) atoms. The van der Waals surface area contributed by atoms with Crippen molar-refractivity contribution in [1.82, 2.24) is 5.32 Å². The quantitative estimate of drug-likeness (QED) is 0.818. The predicted octanol–water partition coefficient (Wildman–Crippen LogP) is 2.01. The van der Waals surface area contributed by atoms with Gasteiger partial charge < -0.3 is 10.1 Å². The summed E-state index contributed by atoms with van der Waals surface area (Å²) in [6, 6.07) is 0. The van der Waals surface area contributed by atoms with Crippen molar-refractivity contribution >= 4 is 5.78 Å². The summed E-state index contributed by atoms with van der Waals surface area (Å²) in [5, 5.41) is 3.42. The third kappa shape index (κ3) is 2.89. The molecule has 1 N–H and O–H groups in total. The van der Waals surface area contributed by atoms with Gasteiger partial charge in [-0.3, -0.25) is 4.79 Å². The first-order chi connectivity index (χ1) is 8.12. The van der Waals surface area contributed by atoms with E-state index in [1.54, 1.807) is 0 Å². The van der Waals surface area contributed by atoms with Crippen molar-refractivity contribution in [1.29, 1.82) is 0 Å². The van der Waals surface area contributed by atoms with Crippen molar-refractivity contribution in [2.45, 2.75) is 39.5 Å². The van der Waals surface area contributed by atoms with E-state index in [1.165, 1.54) is 12.8 Å². The third-order valence-corrected chi connectivity index (χ3v) is 4.54. The van der Waals surface area contributed by atoms with Gasteiger partial charge in [0.05, 0.1) is 0 Å². The summed E-state index contributed by atoms with van der Waals surface area (Å²) in [7, 11) is 0. The van der Waals surface area contributed by atoms with Crippen LogP contribution in [0.15, 0.2) is 0 Å². The van der Waals surface area contributed by atoms with Gasteiger partial charge in [-0.1, -0.05) is 13.8 Å². The van der Waals surface area contributed by atoms with Gasteiger partial charge in [0.25, 0.3) is 0 Å². The van der Waals surface area contributed by atoms with Gasteiger partial charge in [0.2, 0.25) is 0 Å². The maximum Gasteiger partial charge on any atom is 0.142 e. The minimum absolute atomic E-state index is 0.171. The number of Topliss-reactive ketones (excluding diaryl/α,β-unsaturated/α-hetero) is 1. The second kappa shape index (κ2) is 5.49. The highest BCUT2D eigenvalue weighted by atomic mass is 16.5. The molecule has 0 aliphatic carbocycles. The van der Waals surface area contributed by atoms with Gasteiger partial charge in [-0.2, -0.15) is 0 Å². The molecule has 0 aromatic heterocycles. The van der Waals surface area contributed by atoms with E-state index in [4.69, 9.17) is 4.74 Å². The third-order valence-electron chi connectivity index (χ3n) is 4.54. The smallest absolute Gasteiger partial charge is 0.142 e. The van der Waals surface area contributed by atoms with Crippen LogP contribution in [0.5, 0.6) is 0 Å². The lowest BCUT2D eigenvalue weighted by molar-refractivity contribution is -0.137. The van der Waals surface area contributed by atoms with Crippen molar-refractivity contribution in [2.75, 3.05) is 26.3 Å². The summed E-state index contributed by atoms with van der Waals surface area (Å²) >= 11 is 0. The molecule has 3 heteroatoms. The fourth-order valence-electron chi connectivity index (χ4n) is 3.15. The van der Waals surface area contributed by atoms with Gasteiger partial charge in [-0.25, -0.2) is 0 Å². The average molecular weight is 239 g/mol. The van der Waals surface area contributed by atoms with Crippen LogP contribution in [0.2, 0.25) is 0 Å². The van der Waals surface area contributed by atoms with E-state index in [0.29, 0.717) is 11.7 Å². The highest BCUT2D eigenvalue weighted by molar-refractivity contribution is 5.86. The summed E-state index contributed by atoms with van der Waals surface area (Å²) < 4.78 is 5.34. The number of carbonyl (C=O) groups excluding carboxylic acids is 1. The average Bonchev–Trinajstić information content (AvgIpc) is 2.40. The Kier molecular flexibility index (Phi) is 4.21. The van der Waals surface area contributed by atoms with Crippen molar-refractivity contribution in [2.24, 2.45) is 17.3 Å². The molecule has 3 nitrogen and oxygen atoms in total. The summed E-state index contributed by atoms with van der Waals surface area (Å²) in [5.74, 6) is 1.21. The Morgan fingerprint density at radius 2 is 1.94 bits per heavy atom. The van der Waals surface area contributed by atoms with Crippen LogP contribution in [0.1, 0.15) is 39.5 Å². The monoisotopic (exact) mass is 239 g/mol.